The molecule has 8 nitrogen and oxygen atoms in total. The van der Waals surface area contributed by atoms with E-state index in [4.69, 9.17) is 9.15 Å². The van der Waals surface area contributed by atoms with Crippen molar-refractivity contribution in [3.8, 4) is 17.1 Å². The van der Waals surface area contributed by atoms with Crippen LogP contribution in [0.4, 0.5) is 11.4 Å². The normalized spacial score (nSPS) is 11.0. The molecule has 0 bridgehead atoms. The lowest BCUT2D eigenvalue weighted by molar-refractivity contribution is -0.114. The van der Waals surface area contributed by atoms with Crippen LogP contribution in [0.15, 0.2) is 136 Å². The Morgan fingerprint density at radius 3 is 2.09 bits per heavy atom. The largest absolute Gasteiger partial charge is 0.494 e. The number of rotatable bonds is 12. The second kappa shape index (κ2) is 15.3. The number of benzene rings is 4. The third-order valence-corrected chi connectivity index (χ3v) is 7.44. The van der Waals surface area contributed by atoms with Gasteiger partial charge in [0, 0.05) is 33.5 Å². The Kier molecular flexibility index (Phi) is 10.5. The zero-order valence-corrected chi connectivity index (χ0v) is 25.3. The average molecular weight is 618 g/mol. The number of amides is 3. The lowest BCUT2D eigenvalue weighted by Crippen LogP contribution is -2.30. The molecule has 1 aromatic heterocycles. The standard InChI is InChI=1S/C36H31N3O5S/c1-2-43-29-17-13-27(14-18-29)37-34(40)24-45-31-20-15-28(16-21-31)38-36(42)32(39-35(41)26-11-7-4-8-12-26)23-30-19-22-33(44-30)25-9-5-3-6-10-25/h3-23H,2,24H2,1H3,(H,37,40)(H,38,42)(H,39,41). The highest BCUT2D eigenvalue weighted by Crippen LogP contribution is 2.24. The average Bonchev–Trinajstić information content (AvgIpc) is 3.54. The second-order valence-corrected chi connectivity index (χ2v) is 10.8. The SMILES string of the molecule is CCOc1ccc(NC(=O)CSc2ccc(NC(=O)C(=Cc3ccc(-c4ccccc4)o3)NC(=O)c3ccccc3)cc2)cc1. The number of nitrogens with one attached hydrogen (secondary N) is 3. The Morgan fingerprint density at radius 2 is 1.40 bits per heavy atom. The lowest BCUT2D eigenvalue weighted by Gasteiger charge is -2.11. The van der Waals surface area contributed by atoms with Crippen molar-refractivity contribution < 1.29 is 23.5 Å². The summed E-state index contributed by atoms with van der Waals surface area (Å²) in [5.74, 6) is 0.912. The van der Waals surface area contributed by atoms with Crippen LogP contribution in [0.5, 0.6) is 5.75 Å². The molecule has 226 valence electrons. The van der Waals surface area contributed by atoms with Gasteiger partial charge in [-0.05, 0) is 79.7 Å². The van der Waals surface area contributed by atoms with Crippen molar-refractivity contribution in [3.05, 3.63) is 138 Å². The van der Waals surface area contributed by atoms with Gasteiger partial charge in [-0.3, -0.25) is 14.4 Å². The van der Waals surface area contributed by atoms with Crippen molar-refractivity contribution in [1.29, 1.82) is 0 Å². The molecular formula is C36H31N3O5S. The van der Waals surface area contributed by atoms with Crippen LogP contribution in [0.2, 0.25) is 0 Å². The first-order valence-corrected chi connectivity index (χ1v) is 15.3. The first-order valence-electron chi connectivity index (χ1n) is 14.3. The summed E-state index contributed by atoms with van der Waals surface area (Å²) < 4.78 is 11.4. The molecule has 9 heteroatoms. The van der Waals surface area contributed by atoms with E-state index in [-0.39, 0.29) is 17.4 Å². The van der Waals surface area contributed by atoms with E-state index in [1.165, 1.54) is 17.8 Å². The van der Waals surface area contributed by atoms with Gasteiger partial charge in [-0.15, -0.1) is 11.8 Å². The van der Waals surface area contributed by atoms with E-state index in [0.29, 0.717) is 35.1 Å². The van der Waals surface area contributed by atoms with Crippen molar-refractivity contribution in [1.82, 2.24) is 5.32 Å². The van der Waals surface area contributed by atoms with Gasteiger partial charge in [0.2, 0.25) is 5.91 Å². The summed E-state index contributed by atoms with van der Waals surface area (Å²) in [4.78, 5) is 39.6. The highest BCUT2D eigenvalue weighted by molar-refractivity contribution is 8.00. The molecule has 0 aliphatic carbocycles. The molecular weight excluding hydrogens is 586 g/mol. The molecule has 0 unspecified atom stereocenters. The Bertz CT molecular complexity index is 1770. The summed E-state index contributed by atoms with van der Waals surface area (Å²) in [5.41, 5.74) is 2.53. The third-order valence-electron chi connectivity index (χ3n) is 6.43. The monoisotopic (exact) mass is 617 g/mol. The molecule has 0 aliphatic rings. The minimum atomic E-state index is -0.521. The predicted octanol–water partition coefficient (Wildman–Crippen LogP) is 7.49. The summed E-state index contributed by atoms with van der Waals surface area (Å²) in [6.07, 6.45) is 1.50. The highest BCUT2D eigenvalue weighted by Gasteiger charge is 2.16. The Morgan fingerprint density at radius 1 is 0.756 bits per heavy atom. The van der Waals surface area contributed by atoms with Gasteiger partial charge in [-0.1, -0.05) is 48.5 Å². The first-order chi connectivity index (χ1) is 22.0. The molecule has 45 heavy (non-hydrogen) atoms. The number of carbonyl (C=O) groups is 3. The van der Waals surface area contributed by atoms with Crippen LogP contribution in [0.25, 0.3) is 17.4 Å². The summed E-state index contributed by atoms with van der Waals surface area (Å²) in [5, 5.41) is 8.42. The Labute approximate surface area is 265 Å². The Hall–Kier alpha value is -5.54. The molecule has 5 rings (SSSR count). The van der Waals surface area contributed by atoms with Gasteiger partial charge in [0.1, 0.15) is 23.0 Å². The summed E-state index contributed by atoms with van der Waals surface area (Å²) >= 11 is 1.37. The van der Waals surface area contributed by atoms with Gasteiger partial charge in [0.25, 0.3) is 11.8 Å². The molecule has 5 aromatic rings. The van der Waals surface area contributed by atoms with Crippen molar-refractivity contribution in [2.75, 3.05) is 23.0 Å². The summed E-state index contributed by atoms with van der Waals surface area (Å²) in [6.45, 7) is 2.49. The number of hydrogen-bond donors (Lipinski definition) is 3. The minimum absolute atomic E-state index is 0.0160. The number of thioether (sulfide) groups is 1. The number of carbonyl (C=O) groups excluding carboxylic acids is 3. The Balaban J connectivity index is 1.23. The molecule has 4 aromatic carbocycles. The van der Waals surface area contributed by atoms with E-state index in [1.54, 1.807) is 54.6 Å². The van der Waals surface area contributed by atoms with Crippen molar-refractivity contribution >= 4 is 46.9 Å². The van der Waals surface area contributed by atoms with Crippen molar-refractivity contribution in [2.24, 2.45) is 0 Å². The number of ether oxygens (including phenoxy) is 1. The van der Waals surface area contributed by atoms with Crippen LogP contribution in [0.3, 0.4) is 0 Å². The van der Waals surface area contributed by atoms with E-state index in [9.17, 15) is 14.4 Å². The fraction of sp³-hybridized carbons (Fsp3) is 0.0833. The molecule has 0 radical (unpaired) electrons. The van der Waals surface area contributed by atoms with E-state index < -0.39 is 11.8 Å². The maximum atomic E-state index is 13.4. The minimum Gasteiger partial charge on any atom is -0.494 e. The number of furan rings is 1. The van der Waals surface area contributed by atoms with Gasteiger partial charge in [-0.25, -0.2) is 0 Å². The van der Waals surface area contributed by atoms with E-state index in [1.807, 2.05) is 73.7 Å². The number of anilines is 2. The van der Waals surface area contributed by atoms with E-state index in [0.717, 1.165) is 16.2 Å². The van der Waals surface area contributed by atoms with E-state index >= 15 is 0 Å². The summed E-state index contributed by atoms with van der Waals surface area (Å²) in [7, 11) is 0. The molecule has 3 amide bonds. The fourth-order valence-corrected chi connectivity index (χ4v) is 4.95. The van der Waals surface area contributed by atoms with Crippen LogP contribution < -0.4 is 20.7 Å². The van der Waals surface area contributed by atoms with E-state index in [2.05, 4.69) is 16.0 Å². The predicted molar refractivity (Wildman–Crippen MR) is 178 cm³/mol. The molecule has 0 aliphatic heterocycles. The second-order valence-electron chi connectivity index (χ2n) is 9.72. The van der Waals surface area contributed by atoms with Crippen LogP contribution in [0.1, 0.15) is 23.0 Å². The van der Waals surface area contributed by atoms with Gasteiger partial charge < -0.3 is 25.1 Å². The molecule has 0 saturated carbocycles. The first kappa shape index (κ1) is 30.9. The zero-order valence-electron chi connectivity index (χ0n) is 24.5. The molecule has 0 saturated heterocycles. The molecule has 0 atom stereocenters. The third kappa shape index (κ3) is 8.98. The van der Waals surface area contributed by atoms with Crippen molar-refractivity contribution in [2.45, 2.75) is 11.8 Å². The van der Waals surface area contributed by atoms with Gasteiger partial charge >= 0.3 is 0 Å². The van der Waals surface area contributed by atoms with Crippen molar-refractivity contribution in [3.63, 3.8) is 0 Å². The molecule has 0 spiro atoms. The maximum absolute atomic E-state index is 13.4. The quantitative estimate of drug-likeness (QED) is 0.0989. The molecule has 0 fully saturated rings. The van der Waals surface area contributed by atoms with Crippen LogP contribution >= 0.6 is 11.8 Å². The molecule has 3 N–H and O–H groups in total. The highest BCUT2D eigenvalue weighted by atomic mass is 32.2. The fourth-order valence-electron chi connectivity index (χ4n) is 4.25. The number of hydrogen-bond acceptors (Lipinski definition) is 6. The summed E-state index contributed by atoms with van der Waals surface area (Å²) in [6, 6.07) is 36.1. The van der Waals surface area contributed by atoms with Crippen LogP contribution in [-0.2, 0) is 9.59 Å². The van der Waals surface area contributed by atoms with Gasteiger partial charge in [0.15, 0.2) is 0 Å². The van der Waals surface area contributed by atoms with Crippen LogP contribution in [0, 0.1) is 0 Å². The van der Waals surface area contributed by atoms with Gasteiger partial charge in [-0.2, -0.15) is 0 Å². The molecule has 1 heterocycles. The smallest absolute Gasteiger partial charge is 0.272 e. The van der Waals surface area contributed by atoms with Gasteiger partial charge in [0.05, 0.1) is 12.4 Å². The van der Waals surface area contributed by atoms with Crippen LogP contribution in [-0.4, -0.2) is 30.1 Å². The maximum Gasteiger partial charge on any atom is 0.272 e. The lowest BCUT2D eigenvalue weighted by atomic mass is 10.2. The zero-order chi connectivity index (χ0) is 31.4. The topological polar surface area (TPSA) is 110 Å².